The van der Waals surface area contributed by atoms with Crippen LogP contribution < -0.4 is 5.48 Å². The van der Waals surface area contributed by atoms with Gasteiger partial charge in [-0.3, -0.25) is 19.7 Å². The van der Waals surface area contributed by atoms with Crippen LogP contribution in [0.1, 0.15) is 37.7 Å². The van der Waals surface area contributed by atoms with Crippen molar-refractivity contribution >= 4 is 11.8 Å². The van der Waals surface area contributed by atoms with Crippen LogP contribution in [0.3, 0.4) is 0 Å². The van der Waals surface area contributed by atoms with Gasteiger partial charge in [0.1, 0.15) is 0 Å². The molecule has 6 heteroatoms. The van der Waals surface area contributed by atoms with Gasteiger partial charge in [-0.15, -0.1) is 0 Å². The number of hydroxylamine groups is 1. The summed E-state index contributed by atoms with van der Waals surface area (Å²) in [5.74, 6) is -0.156. The minimum atomic E-state index is -0.365. The van der Waals surface area contributed by atoms with Crippen molar-refractivity contribution < 1.29 is 14.8 Å². The molecule has 0 saturated carbocycles. The van der Waals surface area contributed by atoms with Gasteiger partial charge in [-0.2, -0.15) is 0 Å². The van der Waals surface area contributed by atoms with Crippen LogP contribution in [-0.2, 0) is 16.1 Å². The van der Waals surface area contributed by atoms with Crippen LogP contribution in [0.5, 0.6) is 0 Å². The van der Waals surface area contributed by atoms with Gasteiger partial charge >= 0.3 is 0 Å². The van der Waals surface area contributed by atoms with Crippen LogP contribution in [0.4, 0.5) is 0 Å². The van der Waals surface area contributed by atoms with E-state index in [4.69, 9.17) is 5.21 Å². The molecule has 24 heavy (non-hydrogen) atoms. The Hall–Kier alpha value is -1.92. The van der Waals surface area contributed by atoms with E-state index in [-0.39, 0.29) is 11.8 Å². The number of carbonyl (C=O) groups excluding carboxylic acids is 2. The van der Waals surface area contributed by atoms with Gasteiger partial charge in [-0.1, -0.05) is 36.8 Å². The monoisotopic (exact) mass is 333 g/mol. The van der Waals surface area contributed by atoms with Gasteiger partial charge in [0.05, 0.1) is 0 Å². The first-order valence-corrected chi connectivity index (χ1v) is 8.66. The molecule has 1 aromatic carbocycles. The highest BCUT2D eigenvalue weighted by atomic mass is 16.5. The Morgan fingerprint density at radius 2 is 1.62 bits per heavy atom. The number of hydrogen-bond donors (Lipinski definition) is 2. The average Bonchev–Trinajstić information content (AvgIpc) is 2.62. The number of unbranched alkanes of at least 4 members (excludes halogenated alkanes) is 2. The number of carbonyl (C=O) groups is 2. The highest BCUT2D eigenvalue weighted by molar-refractivity contribution is 5.76. The van der Waals surface area contributed by atoms with Crippen LogP contribution in [0.15, 0.2) is 30.3 Å². The van der Waals surface area contributed by atoms with E-state index in [2.05, 4.69) is 29.2 Å². The summed E-state index contributed by atoms with van der Waals surface area (Å²) >= 11 is 0. The SMILES string of the molecule is O=C(CCCCCC(=O)N1CCN(Cc2ccccc2)CC1)NO. The van der Waals surface area contributed by atoms with Crippen molar-refractivity contribution in [1.82, 2.24) is 15.3 Å². The van der Waals surface area contributed by atoms with Crippen LogP contribution in [0, 0.1) is 0 Å². The molecule has 0 bridgehead atoms. The molecule has 132 valence electrons. The van der Waals surface area contributed by atoms with E-state index in [0.717, 1.165) is 45.6 Å². The number of nitrogens with one attached hydrogen (secondary N) is 1. The molecular formula is C18H27N3O3. The minimum Gasteiger partial charge on any atom is -0.340 e. The van der Waals surface area contributed by atoms with Crippen molar-refractivity contribution in [2.24, 2.45) is 0 Å². The average molecular weight is 333 g/mol. The molecule has 1 aliphatic heterocycles. The summed E-state index contributed by atoms with van der Waals surface area (Å²) < 4.78 is 0. The second-order valence-corrected chi connectivity index (χ2v) is 6.24. The van der Waals surface area contributed by atoms with Crippen molar-refractivity contribution in [3.8, 4) is 0 Å². The molecule has 2 rings (SSSR count). The van der Waals surface area contributed by atoms with E-state index in [1.165, 1.54) is 5.56 Å². The van der Waals surface area contributed by atoms with Crippen LogP contribution in [0.2, 0.25) is 0 Å². The molecule has 1 aromatic rings. The van der Waals surface area contributed by atoms with E-state index >= 15 is 0 Å². The maximum Gasteiger partial charge on any atom is 0.243 e. The highest BCUT2D eigenvalue weighted by Gasteiger charge is 2.20. The first-order chi connectivity index (χ1) is 11.7. The third-order valence-electron chi connectivity index (χ3n) is 4.39. The minimum absolute atomic E-state index is 0.209. The van der Waals surface area contributed by atoms with E-state index in [1.807, 2.05) is 11.0 Å². The van der Waals surface area contributed by atoms with Gasteiger partial charge in [0.2, 0.25) is 11.8 Å². The highest BCUT2D eigenvalue weighted by Crippen LogP contribution is 2.11. The van der Waals surface area contributed by atoms with Gasteiger partial charge in [0, 0.05) is 45.6 Å². The lowest BCUT2D eigenvalue weighted by Crippen LogP contribution is -2.48. The molecular weight excluding hydrogens is 306 g/mol. The number of nitrogens with zero attached hydrogens (tertiary/aromatic N) is 2. The predicted molar refractivity (Wildman–Crippen MR) is 91.3 cm³/mol. The molecule has 0 unspecified atom stereocenters. The summed E-state index contributed by atoms with van der Waals surface area (Å²) in [5, 5.41) is 8.40. The van der Waals surface area contributed by atoms with Crippen molar-refractivity contribution in [1.29, 1.82) is 0 Å². The van der Waals surface area contributed by atoms with Gasteiger partial charge < -0.3 is 4.90 Å². The zero-order chi connectivity index (χ0) is 17.2. The normalized spacial score (nSPS) is 15.3. The summed E-state index contributed by atoms with van der Waals surface area (Å²) in [5.41, 5.74) is 2.93. The second-order valence-electron chi connectivity index (χ2n) is 6.24. The Labute approximate surface area is 143 Å². The smallest absolute Gasteiger partial charge is 0.243 e. The van der Waals surface area contributed by atoms with Crippen LogP contribution in [-0.4, -0.2) is 53.0 Å². The standard InChI is InChI=1S/C18H27N3O3/c22-17(19-24)9-5-2-6-10-18(23)21-13-11-20(12-14-21)15-16-7-3-1-4-8-16/h1,3-4,7-8,24H,2,5-6,9-15H2,(H,19,22). The first-order valence-electron chi connectivity index (χ1n) is 8.66. The lowest BCUT2D eigenvalue weighted by Gasteiger charge is -2.34. The Balaban J connectivity index is 1.59. The second kappa shape index (κ2) is 10.1. The fraction of sp³-hybridized carbons (Fsp3) is 0.556. The molecule has 1 fully saturated rings. The van der Waals surface area contributed by atoms with Gasteiger partial charge in [-0.25, -0.2) is 5.48 Å². The molecule has 0 spiro atoms. The number of hydrogen-bond acceptors (Lipinski definition) is 4. The number of rotatable bonds is 8. The largest absolute Gasteiger partial charge is 0.340 e. The summed E-state index contributed by atoms with van der Waals surface area (Å²) in [6.45, 7) is 4.35. The molecule has 2 N–H and O–H groups in total. The van der Waals surface area contributed by atoms with Crippen molar-refractivity contribution in [3.05, 3.63) is 35.9 Å². The molecule has 0 aliphatic carbocycles. The molecule has 1 heterocycles. The molecule has 1 aliphatic rings. The van der Waals surface area contributed by atoms with Gasteiger partial charge in [0.15, 0.2) is 0 Å². The molecule has 2 amide bonds. The summed E-state index contributed by atoms with van der Waals surface area (Å²) in [6, 6.07) is 10.4. The fourth-order valence-electron chi connectivity index (χ4n) is 2.95. The Morgan fingerprint density at radius 1 is 0.958 bits per heavy atom. The zero-order valence-electron chi connectivity index (χ0n) is 14.1. The third kappa shape index (κ3) is 6.29. The number of piperazine rings is 1. The molecule has 0 radical (unpaired) electrons. The summed E-state index contributed by atoms with van der Waals surface area (Å²) in [7, 11) is 0. The van der Waals surface area contributed by atoms with Crippen molar-refractivity contribution in [3.63, 3.8) is 0 Å². The van der Waals surface area contributed by atoms with Gasteiger partial charge in [-0.05, 0) is 18.4 Å². The lowest BCUT2D eigenvalue weighted by atomic mass is 10.1. The van der Waals surface area contributed by atoms with E-state index in [9.17, 15) is 9.59 Å². The van der Waals surface area contributed by atoms with E-state index < -0.39 is 0 Å². The van der Waals surface area contributed by atoms with Crippen molar-refractivity contribution in [2.45, 2.75) is 38.6 Å². The Bertz CT molecular complexity index is 514. The lowest BCUT2D eigenvalue weighted by molar-refractivity contribution is -0.133. The van der Waals surface area contributed by atoms with Crippen LogP contribution >= 0.6 is 0 Å². The Morgan fingerprint density at radius 3 is 2.29 bits per heavy atom. The quantitative estimate of drug-likeness (QED) is 0.432. The van der Waals surface area contributed by atoms with E-state index in [1.54, 1.807) is 5.48 Å². The molecule has 0 atom stereocenters. The molecule has 1 saturated heterocycles. The van der Waals surface area contributed by atoms with Crippen LogP contribution in [0.25, 0.3) is 0 Å². The number of benzene rings is 1. The molecule has 0 aromatic heterocycles. The van der Waals surface area contributed by atoms with Crippen molar-refractivity contribution in [2.75, 3.05) is 26.2 Å². The Kier molecular flexibility index (Phi) is 7.71. The summed E-state index contributed by atoms with van der Waals surface area (Å²) in [4.78, 5) is 27.4. The predicted octanol–water partition coefficient (Wildman–Crippen LogP) is 1.79. The third-order valence-corrected chi connectivity index (χ3v) is 4.39. The maximum atomic E-state index is 12.2. The topological polar surface area (TPSA) is 72.9 Å². The summed E-state index contributed by atoms with van der Waals surface area (Å²) in [6.07, 6.45) is 3.17. The number of amides is 2. The zero-order valence-corrected chi connectivity index (χ0v) is 14.1. The fourth-order valence-corrected chi connectivity index (χ4v) is 2.95. The van der Waals surface area contributed by atoms with Gasteiger partial charge in [0.25, 0.3) is 0 Å². The molecule has 6 nitrogen and oxygen atoms in total. The first kappa shape index (κ1) is 18.4. The maximum absolute atomic E-state index is 12.2. The van der Waals surface area contributed by atoms with E-state index in [0.29, 0.717) is 19.3 Å².